The third kappa shape index (κ3) is 3.80. The fourth-order valence-corrected chi connectivity index (χ4v) is 1.37. The molecule has 2 nitrogen and oxygen atoms in total. The predicted octanol–water partition coefficient (Wildman–Crippen LogP) is 3.14. The van der Waals surface area contributed by atoms with E-state index in [9.17, 15) is 4.79 Å². The van der Waals surface area contributed by atoms with Crippen LogP contribution in [0.2, 0.25) is 0 Å². The lowest BCUT2D eigenvalue weighted by atomic mass is 10.1. The molecule has 0 atom stereocenters. The van der Waals surface area contributed by atoms with E-state index in [-0.39, 0.29) is 5.78 Å². The maximum atomic E-state index is 11.5. The topological polar surface area (TPSA) is 26.3 Å². The van der Waals surface area contributed by atoms with Gasteiger partial charge in [0.25, 0.3) is 0 Å². The molecule has 15 heavy (non-hydrogen) atoms. The molecule has 3 heteroatoms. The Morgan fingerprint density at radius 2 is 2.07 bits per heavy atom. The Morgan fingerprint density at radius 1 is 1.40 bits per heavy atom. The van der Waals surface area contributed by atoms with Gasteiger partial charge in [-0.3, -0.25) is 4.79 Å². The molecule has 0 aliphatic rings. The van der Waals surface area contributed by atoms with E-state index in [4.69, 9.17) is 4.74 Å². The highest BCUT2D eigenvalue weighted by molar-refractivity contribution is 8.01. The minimum Gasteiger partial charge on any atom is -0.494 e. The highest BCUT2D eigenvalue weighted by atomic mass is 32.2. The quantitative estimate of drug-likeness (QED) is 0.565. The number of hydrogen-bond donors (Lipinski definition) is 0. The Hall–Kier alpha value is -1.22. The van der Waals surface area contributed by atoms with Gasteiger partial charge in [-0.15, -0.1) is 11.8 Å². The molecule has 0 saturated carbocycles. The second-order valence-electron chi connectivity index (χ2n) is 2.86. The van der Waals surface area contributed by atoms with Gasteiger partial charge in [-0.1, -0.05) is 0 Å². The summed E-state index contributed by atoms with van der Waals surface area (Å²) >= 11 is 1.51. The fraction of sp³-hybridized carbons (Fsp3) is 0.250. The molecule has 80 valence electrons. The number of hydrogen-bond acceptors (Lipinski definition) is 3. The molecule has 0 radical (unpaired) electrons. The van der Waals surface area contributed by atoms with Gasteiger partial charge < -0.3 is 4.74 Å². The molecule has 0 heterocycles. The molecule has 0 spiro atoms. The third-order valence-corrected chi connectivity index (χ3v) is 2.21. The van der Waals surface area contributed by atoms with Gasteiger partial charge >= 0.3 is 0 Å². The van der Waals surface area contributed by atoms with Crippen LogP contribution in [0.25, 0.3) is 0 Å². The fourth-order valence-electron chi connectivity index (χ4n) is 1.11. The Balaban J connectivity index is 2.71. The number of carbonyl (C=O) groups is 1. The first-order chi connectivity index (χ1) is 7.27. The van der Waals surface area contributed by atoms with E-state index < -0.39 is 0 Å². The van der Waals surface area contributed by atoms with Crippen molar-refractivity contribution in [3.8, 4) is 5.75 Å². The van der Waals surface area contributed by atoms with Gasteiger partial charge in [0, 0.05) is 5.56 Å². The van der Waals surface area contributed by atoms with Crippen LogP contribution in [0.5, 0.6) is 5.75 Å². The van der Waals surface area contributed by atoms with Gasteiger partial charge in [0.2, 0.25) is 0 Å². The van der Waals surface area contributed by atoms with E-state index in [0.29, 0.717) is 12.2 Å². The zero-order valence-electron chi connectivity index (χ0n) is 8.90. The smallest absolute Gasteiger partial charge is 0.186 e. The lowest BCUT2D eigenvalue weighted by Gasteiger charge is -2.02. The van der Waals surface area contributed by atoms with Gasteiger partial charge in [-0.25, -0.2) is 0 Å². The van der Waals surface area contributed by atoms with Gasteiger partial charge in [0.05, 0.1) is 6.61 Å². The minimum atomic E-state index is 0.0207. The van der Waals surface area contributed by atoms with E-state index in [2.05, 4.69) is 0 Å². The van der Waals surface area contributed by atoms with Gasteiger partial charge in [-0.05, 0) is 48.9 Å². The predicted molar refractivity (Wildman–Crippen MR) is 64.6 cm³/mol. The van der Waals surface area contributed by atoms with Crippen LogP contribution < -0.4 is 4.74 Å². The van der Waals surface area contributed by atoms with Crippen LogP contribution in [-0.2, 0) is 0 Å². The third-order valence-electron chi connectivity index (χ3n) is 1.81. The largest absolute Gasteiger partial charge is 0.494 e. The minimum absolute atomic E-state index is 0.0207. The summed E-state index contributed by atoms with van der Waals surface area (Å²) in [6.45, 7) is 2.57. The summed E-state index contributed by atoms with van der Waals surface area (Å²) in [5, 5.41) is 1.78. The van der Waals surface area contributed by atoms with Crippen molar-refractivity contribution >= 4 is 17.5 Å². The van der Waals surface area contributed by atoms with Crippen LogP contribution in [0, 0.1) is 0 Å². The van der Waals surface area contributed by atoms with Crippen molar-refractivity contribution in [1.29, 1.82) is 0 Å². The van der Waals surface area contributed by atoms with Gasteiger partial charge in [0.1, 0.15) is 5.75 Å². The molecule has 0 bridgehead atoms. The maximum Gasteiger partial charge on any atom is 0.186 e. The summed E-state index contributed by atoms with van der Waals surface area (Å²) in [5.41, 5.74) is 0.684. The maximum absolute atomic E-state index is 11.5. The average Bonchev–Trinajstić information content (AvgIpc) is 2.27. The molecule has 0 N–H and O–H groups in total. The summed E-state index contributed by atoms with van der Waals surface area (Å²) in [4.78, 5) is 11.5. The number of carbonyl (C=O) groups excluding carboxylic acids is 1. The molecule has 0 unspecified atom stereocenters. The van der Waals surface area contributed by atoms with Gasteiger partial charge in [-0.2, -0.15) is 0 Å². The van der Waals surface area contributed by atoms with Crippen LogP contribution in [-0.4, -0.2) is 18.6 Å². The van der Waals surface area contributed by atoms with Crippen molar-refractivity contribution in [2.24, 2.45) is 0 Å². The highest BCUT2D eigenvalue weighted by Gasteiger charge is 2.01. The molecule has 1 aromatic carbocycles. The number of allylic oxidation sites excluding steroid dienone is 1. The van der Waals surface area contributed by atoms with Crippen molar-refractivity contribution in [2.45, 2.75) is 6.92 Å². The van der Waals surface area contributed by atoms with Crippen molar-refractivity contribution in [3.63, 3.8) is 0 Å². The summed E-state index contributed by atoms with van der Waals surface area (Å²) in [5.74, 6) is 0.815. The Kier molecular flexibility index (Phi) is 4.98. The lowest BCUT2D eigenvalue weighted by Crippen LogP contribution is -1.95. The summed E-state index contributed by atoms with van der Waals surface area (Å²) in [6, 6.07) is 7.17. The molecule has 1 rings (SSSR count). The molecule has 0 amide bonds. The van der Waals surface area contributed by atoms with Gasteiger partial charge in [0.15, 0.2) is 5.78 Å². The van der Waals surface area contributed by atoms with Crippen molar-refractivity contribution < 1.29 is 9.53 Å². The molecule has 0 fully saturated rings. The van der Waals surface area contributed by atoms with E-state index in [0.717, 1.165) is 5.75 Å². The average molecular weight is 222 g/mol. The number of benzene rings is 1. The number of thioether (sulfide) groups is 1. The van der Waals surface area contributed by atoms with E-state index in [1.54, 1.807) is 23.6 Å². The Bertz CT molecular complexity index is 341. The van der Waals surface area contributed by atoms with E-state index in [1.165, 1.54) is 11.8 Å². The molecule has 0 aliphatic heterocycles. The van der Waals surface area contributed by atoms with Crippen LogP contribution in [0.3, 0.4) is 0 Å². The van der Waals surface area contributed by atoms with Crippen LogP contribution in [0.4, 0.5) is 0 Å². The van der Waals surface area contributed by atoms with E-state index >= 15 is 0 Å². The summed E-state index contributed by atoms with van der Waals surface area (Å²) < 4.78 is 5.29. The second kappa shape index (κ2) is 6.30. The molecular weight excluding hydrogens is 208 g/mol. The Morgan fingerprint density at radius 3 is 2.60 bits per heavy atom. The van der Waals surface area contributed by atoms with Crippen molar-refractivity contribution in [3.05, 3.63) is 41.3 Å². The van der Waals surface area contributed by atoms with E-state index in [1.807, 2.05) is 25.3 Å². The number of ether oxygens (including phenoxy) is 1. The van der Waals surface area contributed by atoms with Crippen molar-refractivity contribution in [2.75, 3.05) is 12.9 Å². The monoisotopic (exact) mass is 222 g/mol. The molecule has 0 aromatic heterocycles. The van der Waals surface area contributed by atoms with Crippen LogP contribution in [0.1, 0.15) is 17.3 Å². The van der Waals surface area contributed by atoms with Crippen LogP contribution >= 0.6 is 11.8 Å². The first-order valence-corrected chi connectivity index (χ1v) is 6.03. The van der Waals surface area contributed by atoms with Crippen molar-refractivity contribution in [1.82, 2.24) is 0 Å². The molecular formula is C12H14O2S. The normalized spacial score (nSPS) is 10.5. The zero-order valence-corrected chi connectivity index (χ0v) is 9.71. The number of rotatable bonds is 5. The summed E-state index contributed by atoms with van der Waals surface area (Å²) in [6.07, 6.45) is 3.49. The SMILES string of the molecule is CCOc1ccc(C(=O)/C=C\SC)cc1. The zero-order chi connectivity index (χ0) is 11.1. The Labute approximate surface area is 94.3 Å². The standard InChI is InChI=1S/C12H14O2S/c1-3-14-11-6-4-10(5-7-11)12(13)8-9-15-2/h4-9H,3H2,1-2H3/b9-8-. The second-order valence-corrected chi connectivity index (χ2v) is 3.60. The first-order valence-electron chi connectivity index (χ1n) is 4.74. The molecule has 0 aliphatic carbocycles. The summed E-state index contributed by atoms with van der Waals surface area (Å²) in [7, 11) is 0. The first kappa shape index (κ1) is 11.9. The number of ketones is 1. The lowest BCUT2D eigenvalue weighted by molar-refractivity contribution is 0.104. The highest BCUT2D eigenvalue weighted by Crippen LogP contribution is 2.13. The molecule has 0 saturated heterocycles. The van der Waals surface area contributed by atoms with Crippen LogP contribution in [0.15, 0.2) is 35.7 Å². The molecule has 1 aromatic rings.